The Bertz CT molecular complexity index is 363. The number of hydrogen-bond acceptors (Lipinski definition) is 2. The zero-order valence-electron chi connectivity index (χ0n) is 12.2. The van der Waals surface area contributed by atoms with Gasteiger partial charge in [0.2, 0.25) is 0 Å². The van der Waals surface area contributed by atoms with Crippen molar-refractivity contribution in [1.82, 2.24) is 5.32 Å². The second-order valence-electron chi connectivity index (χ2n) is 6.33. The molecule has 0 radical (unpaired) electrons. The van der Waals surface area contributed by atoms with E-state index in [1.54, 1.807) is 0 Å². The lowest BCUT2D eigenvalue weighted by Crippen LogP contribution is -2.27. The van der Waals surface area contributed by atoms with Gasteiger partial charge in [-0.15, -0.1) is 0 Å². The highest BCUT2D eigenvalue weighted by Gasteiger charge is 2.23. The Balaban J connectivity index is 1.91. The molecule has 2 N–H and O–H groups in total. The third-order valence-corrected chi connectivity index (χ3v) is 4.08. The predicted molar refractivity (Wildman–Crippen MR) is 80.0 cm³/mol. The molecule has 0 bridgehead atoms. The van der Waals surface area contributed by atoms with E-state index in [9.17, 15) is 5.11 Å². The highest BCUT2D eigenvalue weighted by Crippen LogP contribution is 2.27. The van der Waals surface area contributed by atoms with Gasteiger partial charge in [-0.25, -0.2) is 0 Å². The fourth-order valence-corrected chi connectivity index (χ4v) is 3.04. The first-order valence-corrected chi connectivity index (χ1v) is 7.61. The van der Waals surface area contributed by atoms with Gasteiger partial charge < -0.3 is 10.4 Å². The molecule has 1 aromatic rings. The summed E-state index contributed by atoms with van der Waals surface area (Å²) >= 11 is 0. The molecule has 0 aromatic heterocycles. The lowest BCUT2D eigenvalue weighted by molar-refractivity contribution is 0.177. The van der Waals surface area contributed by atoms with Gasteiger partial charge in [0.15, 0.2) is 0 Å². The van der Waals surface area contributed by atoms with E-state index in [0.29, 0.717) is 17.9 Å². The summed E-state index contributed by atoms with van der Waals surface area (Å²) in [5.41, 5.74) is 1.38. The molecule has 0 saturated heterocycles. The van der Waals surface area contributed by atoms with Gasteiger partial charge in [-0.2, -0.15) is 0 Å². The molecule has 0 amide bonds. The van der Waals surface area contributed by atoms with Gasteiger partial charge in [0.05, 0.1) is 6.10 Å². The number of nitrogens with one attached hydrogen (secondary N) is 1. The maximum absolute atomic E-state index is 9.60. The minimum absolute atomic E-state index is 0.0629. The van der Waals surface area contributed by atoms with Crippen LogP contribution in [0.4, 0.5) is 0 Å². The van der Waals surface area contributed by atoms with Crippen molar-refractivity contribution in [2.75, 3.05) is 6.54 Å². The van der Waals surface area contributed by atoms with Crippen molar-refractivity contribution < 1.29 is 5.11 Å². The van der Waals surface area contributed by atoms with Crippen LogP contribution in [0.15, 0.2) is 30.3 Å². The van der Waals surface area contributed by atoms with E-state index in [-0.39, 0.29) is 6.10 Å². The van der Waals surface area contributed by atoms with Crippen molar-refractivity contribution in [2.24, 2.45) is 11.8 Å². The zero-order valence-corrected chi connectivity index (χ0v) is 12.2. The fraction of sp³-hybridized carbons (Fsp3) is 0.647. The molecule has 1 aliphatic rings. The van der Waals surface area contributed by atoms with Gasteiger partial charge in [-0.3, -0.25) is 0 Å². The van der Waals surface area contributed by atoms with Gasteiger partial charge in [-0.1, -0.05) is 44.2 Å². The summed E-state index contributed by atoms with van der Waals surface area (Å²) in [7, 11) is 0. The lowest BCUT2D eigenvalue weighted by atomic mass is 9.96. The Morgan fingerprint density at radius 1 is 1.21 bits per heavy atom. The molecule has 3 unspecified atom stereocenters. The summed E-state index contributed by atoms with van der Waals surface area (Å²) in [4.78, 5) is 0. The number of hydrogen-bond donors (Lipinski definition) is 2. The molecule has 0 aliphatic heterocycles. The van der Waals surface area contributed by atoms with Crippen LogP contribution in [0, 0.1) is 11.8 Å². The molecular weight excluding hydrogens is 234 g/mol. The summed E-state index contributed by atoms with van der Waals surface area (Å²) in [5, 5.41) is 13.3. The van der Waals surface area contributed by atoms with E-state index in [0.717, 1.165) is 25.8 Å². The Hall–Kier alpha value is -0.860. The molecule has 0 spiro atoms. The van der Waals surface area contributed by atoms with Crippen LogP contribution in [0.2, 0.25) is 0 Å². The molecule has 2 heteroatoms. The molecule has 2 rings (SSSR count). The van der Waals surface area contributed by atoms with E-state index in [4.69, 9.17) is 0 Å². The molecular formula is C17H27NO. The summed E-state index contributed by atoms with van der Waals surface area (Å²) < 4.78 is 0. The highest BCUT2D eigenvalue weighted by molar-refractivity contribution is 5.18. The molecule has 2 nitrogen and oxygen atoms in total. The number of rotatable bonds is 6. The highest BCUT2D eigenvalue weighted by atomic mass is 16.3. The maximum Gasteiger partial charge on any atom is 0.0543 e. The monoisotopic (exact) mass is 261 g/mol. The van der Waals surface area contributed by atoms with Gasteiger partial charge in [0.1, 0.15) is 0 Å². The molecule has 1 fully saturated rings. The van der Waals surface area contributed by atoms with Crippen molar-refractivity contribution >= 4 is 0 Å². The van der Waals surface area contributed by atoms with Crippen LogP contribution in [0.25, 0.3) is 0 Å². The van der Waals surface area contributed by atoms with Crippen LogP contribution >= 0.6 is 0 Å². The second kappa shape index (κ2) is 7.06. The molecule has 1 aliphatic carbocycles. The first-order chi connectivity index (χ1) is 9.15. The van der Waals surface area contributed by atoms with Crippen LogP contribution in [0.5, 0.6) is 0 Å². The summed E-state index contributed by atoms with van der Waals surface area (Å²) in [6, 6.07) is 11.2. The maximum atomic E-state index is 9.60. The Kier molecular flexibility index (Phi) is 5.41. The summed E-state index contributed by atoms with van der Waals surface area (Å²) in [5.74, 6) is 1.33. The standard InChI is InChI=1S/C17H27NO/c1-13(2)10-17(15-6-4-3-5-7-15)18-12-14-8-9-16(19)11-14/h3-7,13-14,16-19H,8-12H2,1-2H3. The number of aliphatic hydroxyl groups is 1. The van der Waals surface area contributed by atoms with Crippen molar-refractivity contribution in [3.05, 3.63) is 35.9 Å². The average Bonchev–Trinajstić information content (AvgIpc) is 2.81. The van der Waals surface area contributed by atoms with E-state index in [2.05, 4.69) is 49.5 Å². The number of benzene rings is 1. The van der Waals surface area contributed by atoms with E-state index in [1.807, 2.05) is 0 Å². The van der Waals surface area contributed by atoms with Crippen LogP contribution in [0.3, 0.4) is 0 Å². The van der Waals surface area contributed by atoms with E-state index >= 15 is 0 Å². The largest absolute Gasteiger partial charge is 0.393 e. The summed E-state index contributed by atoms with van der Waals surface area (Å²) in [6.45, 7) is 5.58. The van der Waals surface area contributed by atoms with Gasteiger partial charge >= 0.3 is 0 Å². The molecule has 3 atom stereocenters. The minimum atomic E-state index is -0.0629. The molecule has 106 valence electrons. The SMILES string of the molecule is CC(C)CC(NCC1CCC(O)C1)c1ccccc1. The molecule has 19 heavy (non-hydrogen) atoms. The van der Waals surface area contributed by atoms with Gasteiger partial charge in [-0.05, 0) is 49.6 Å². The van der Waals surface area contributed by atoms with Gasteiger partial charge in [0.25, 0.3) is 0 Å². The quantitative estimate of drug-likeness (QED) is 0.821. The van der Waals surface area contributed by atoms with Crippen LogP contribution < -0.4 is 5.32 Å². The first kappa shape index (κ1) is 14.5. The fourth-order valence-electron chi connectivity index (χ4n) is 3.04. The van der Waals surface area contributed by atoms with E-state index in [1.165, 1.54) is 12.0 Å². The third kappa shape index (κ3) is 4.63. The number of aliphatic hydroxyl groups excluding tert-OH is 1. The van der Waals surface area contributed by atoms with Crippen molar-refractivity contribution in [3.8, 4) is 0 Å². The molecule has 1 aromatic carbocycles. The minimum Gasteiger partial charge on any atom is -0.393 e. The third-order valence-electron chi connectivity index (χ3n) is 4.08. The Labute approximate surface area is 117 Å². The lowest BCUT2D eigenvalue weighted by Gasteiger charge is -2.23. The summed E-state index contributed by atoms with van der Waals surface area (Å²) in [6.07, 6.45) is 4.21. The van der Waals surface area contributed by atoms with Crippen LogP contribution in [-0.4, -0.2) is 17.8 Å². The Morgan fingerprint density at radius 3 is 2.53 bits per heavy atom. The normalized spacial score (nSPS) is 24.8. The molecule has 0 heterocycles. The van der Waals surface area contributed by atoms with Crippen LogP contribution in [-0.2, 0) is 0 Å². The van der Waals surface area contributed by atoms with Crippen molar-refractivity contribution in [2.45, 2.75) is 51.7 Å². The smallest absolute Gasteiger partial charge is 0.0543 e. The van der Waals surface area contributed by atoms with Crippen molar-refractivity contribution in [3.63, 3.8) is 0 Å². The first-order valence-electron chi connectivity index (χ1n) is 7.61. The van der Waals surface area contributed by atoms with E-state index < -0.39 is 0 Å². The second-order valence-corrected chi connectivity index (χ2v) is 6.33. The topological polar surface area (TPSA) is 32.3 Å². The average molecular weight is 261 g/mol. The van der Waals surface area contributed by atoms with Crippen molar-refractivity contribution in [1.29, 1.82) is 0 Å². The molecule has 1 saturated carbocycles. The van der Waals surface area contributed by atoms with Crippen LogP contribution in [0.1, 0.15) is 51.1 Å². The Morgan fingerprint density at radius 2 is 1.95 bits per heavy atom. The zero-order chi connectivity index (χ0) is 13.7. The predicted octanol–water partition coefficient (Wildman–Crippen LogP) is 3.52. The van der Waals surface area contributed by atoms with Gasteiger partial charge in [0, 0.05) is 6.04 Å².